The number of aliphatic hydroxyl groups excluding tert-OH is 1. The van der Waals surface area contributed by atoms with Crippen molar-refractivity contribution in [1.29, 1.82) is 0 Å². The highest BCUT2D eigenvalue weighted by Crippen LogP contribution is 2.36. The number of β-amino-alcohol motifs (C(OH)–C–C–N with tert-alkyl or cyclic N) is 1. The minimum Gasteiger partial charge on any atom is -0.496 e. The van der Waals surface area contributed by atoms with E-state index in [9.17, 15) is 14.7 Å². The zero-order valence-electron chi connectivity index (χ0n) is 15.2. The fourth-order valence-corrected chi connectivity index (χ4v) is 2.85. The zero-order valence-corrected chi connectivity index (χ0v) is 15.2. The number of aliphatic hydroxyl groups is 1. The molecule has 1 fully saturated rings. The number of likely N-dealkylation sites (tertiary alicyclic amines) is 1. The van der Waals surface area contributed by atoms with Crippen LogP contribution >= 0.6 is 0 Å². The smallest absolute Gasteiger partial charge is 0.410 e. The van der Waals surface area contributed by atoms with Gasteiger partial charge in [0.2, 0.25) is 0 Å². The van der Waals surface area contributed by atoms with Gasteiger partial charge in [0.05, 0.1) is 32.9 Å². The maximum Gasteiger partial charge on any atom is 0.410 e. The summed E-state index contributed by atoms with van der Waals surface area (Å²) < 4.78 is 15.4. The van der Waals surface area contributed by atoms with Crippen molar-refractivity contribution in [2.75, 3.05) is 20.8 Å². The molecule has 0 unspecified atom stereocenters. The van der Waals surface area contributed by atoms with E-state index in [4.69, 9.17) is 14.2 Å². The van der Waals surface area contributed by atoms with Crippen LogP contribution in [0.3, 0.4) is 0 Å². The second-order valence-electron chi connectivity index (χ2n) is 6.99. The Morgan fingerprint density at radius 2 is 1.92 bits per heavy atom. The normalized spacial score (nSPS) is 20.3. The van der Waals surface area contributed by atoms with Crippen LogP contribution in [0.25, 0.3) is 0 Å². The first kappa shape index (κ1) is 19.1. The predicted octanol–water partition coefficient (Wildman–Crippen LogP) is 2.52. The average molecular weight is 351 g/mol. The molecule has 2 rings (SSSR count). The van der Waals surface area contributed by atoms with Gasteiger partial charge in [-0.25, -0.2) is 9.59 Å². The number of amides is 1. The largest absolute Gasteiger partial charge is 0.496 e. The van der Waals surface area contributed by atoms with Crippen LogP contribution in [0.5, 0.6) is 5.75 Å². The molecule has 25 heavy (non-hydrogen) atoms. The number of carbonyl (C=O) groups is 2. The third-order valence-electron chi connectivity index (χ3n) is 3.92. The second-order valence-corrected chi connectivity index (χ2v) is 6.99. The monoisotopic (exact) mass is 351 g/mol. The van der Waals surface area contributed by atoms with Gasteiger partial charge in [-0.1, -0.05) is 6.07 Å². The molecular formula is C18H25NO6. The van der Waals surface area contributed by atoms with Gasteiger partial charge < -0.3 is 19.3 Å². The highest BCUT2D eigenvalue weighted by molar-refractivity contribution is 5.92. The highest BCUT2D eigenvalue weighted by atomic mass is 16.6. The molecule has 0 saturated carbocycles. The van der Waals surface area contributed by atoms with Gasteiger partial charge in [0, 0.05) is 0 Å². The van der Waals surface area contributed by atoms with Crippen LogP contribution in [-0.2, 0) is 9.47 Å². The van der Waals surface area contributed by atoms with Crippen molar-refractivity contribution < 1.29 is 28.9 Å². The lowest BCUT2D eigenvalue weighted by molar-refractivity contribution is 0.0206. The van der Waals surface area contributed by atoms with Crippen molar-refractivity contribution in [1.82, 2.24) is 4.90 Å². The summed E-state index contributed by atoms with van der Waals surface area (Å²) in [6.07, 6.45) is -0.728. The molecular weight excluding hydrogens is 326 g/mol. The summed E-state index contributed by atoms with van der Waals surface area (Å²) in [5.74, 6) is -0.145. The lowest BCUT2D eigenvalue weighted by Crippen LogP contribution is -2.37. The number of nitrogens with zero attached hydrogens (tertiary/aromatic N) is 1. The third-order valence-corrected chi connectivity index (χ3v) is 3.92. The number of hydrogen-bond acceptors (Lipinski definition) is 6. The fraction of sp³-hybridized carbons (Fsp3) is 0.556. The maximum atomic E-state index is 12.5. The molecule has 2 atom stereocenters. The molecule has 7 heteroatoms. The minimum absolute atomic E-state index is 0.195. The summed E-state index contributed by atoms with van der Waals surface area (Å²) in [6.45, 7) is 5.57. The van der Waals surface area contributed by atoms with Crippen LogP contribution in [0.4, 0.5) is 4.79 Å². The molecule has 138 valence electrons. The van der Waals surface area contributed by atoms with E-state index in [0.29, 0.717) is 17.7 Å². The van der Waals surface area contributed by atoms with Gasteiger partial charge in [-0.05, 0) is 44.9 Å². The summed E-state index contributed by atoms with van der Waals surface area (Å²) in [6, 6.07) is 4.66. The van der Waals surface area contributed by atoms with Gasteiger partial charge in [0.25, 0.3) is 0 Å². The molecule has 1 aromatic carbocycles. The maximum absolute atomic E-state index is 12.5. The standard InChI is InChI=1S/C18H25NO6/c1-18(2,3)25-17(22)19-10-12(20)9-14(19)11-6-7-13(16(21)24-5)15(8-11)23-4/h6-8,12,14,20H,9-10H2,1-5H3/t12-,14+/m1/s1. The lowest BCUT2D eigenvalue weighted by atomic mass is 10.0. The van der Waals surface area contributed by atoms with E-state index < -0.39 is 23.8 Å². The van der Waals surface area contributed by atoms with E-state index in [1.807, 2.05) is 0 Å². The minimum atomic E-state index is -0.635. The molecule has 0 bridgehead atoms. The molecule has 0 spiro atoms. The van der Waals surface area contributed by atoms with Gasteiger partial charge in [-0.2, -0.15) is 0 Å². The number of ether oxygens (including phenoxy) is 3. The molecule has 0 aromatic heterocycles. The third kappa shape index (κ3) is 4.42. The van der Waals surface area contributed by atoms with Gasteiger partial charge in [-0.15, -0.1) is 0 Å². The fourth-order valence-electron chi connectivity index (χ4n) is 2.85. The quantitative estimate of drug-likeness (QED) is 0.842. The first-order valence-corrected chi connectivity index (χ1v) is 8.10. The Bertz CT molecular complexity index is 651. The molecule has 1 aliphatic rings. The van der Waals surface area contributed by atoms with Gasteiger partial charge >= 0.3 is 12.1 Å². The summed E-state index contributed by atoms with van der Waals surface area (Å²) in [5, 5.41) is 10.0. The lowest BCUT2D eigenvalue weighted by Gasteiger charge is -2.28. The van der Waals surface area contributed by atoms with Crippen molar-refractivity contribution in [2.24, 2.45) is 0 Å². The SMILES string of the molecule is COC(=O)c1ccc([C@@H]2C[C@@H](O)CN2C(=O)OC(C)(C)C)cc1OC. The molecule has 7 nitrogen and oxygen atoms in total. The van der Waals surface area contributed by atoms with E-state index >= 15 is 0 Å². The van der Waals surface area contributed by atoms with Crippen molar-refractivity contribution in [3.63, 3.8) is 0 Å². The number of rotatable bonds is 3. The summed E-state index contributed by atoms with van der Waals surface area (Å²) in [7, 11) is 2.76. The first-order chi connectivity index (χ1) is 11.7. The number of benzene rings is 1. The highest BCUT2D eigenvalue weighted by Gasteiger charge is 2.38. The van der Waals surface area contributed by atoms with Crippen LogP contribution in [-0.4, -0.2) is 54.5 Å². The molecule has 1 N–H and O–H groups in total. The molecule has 1 saturated heterocycles. The second kappa shape index (κ2) is 7.31. The van der Waals surface area contributed by atoms with Crippen LogP contribution in [0.2, 0.25) is 0 Å². The van der Waals surface area contributed by atoms with Crippen molar-refractivity contribution in [3.05, 3.63) is 29.3 Å². The Kier molecular flexibility index (Phi) is 5.57. The van der Waals surface area contributed by atoms with Crippen LogP contribution in [0, 0.1) is 0 Å². The summed E-state index contributed by atoms with van der Waals surface area (Å²) in [5.41, 5.74) is 0.435. The number of carbonyl (C=O) groups excluding carboxylic acids is 2. The van der Waals surface area contributed by atoms with Gasteiger partial charge in [0.1, 0.15) is 16.9 Å². The molecule has 1 aromatic rings. The summed E-state index contributed by atoms with van der Waals surface area (Å²) in [4.78, 5) is 25.7. The number of hydrogen-bond donors (Lipinski definition) is 1. The average Bonchev–Trinajstić information content (AvgIpc) is 2.94. The molecule has 1 amide bonds. The van der Waals surface area contributed by atoms with Crippen LogP contribution < -0.4 is 4.74 Å². The van der Waals surface area contributed by atoms with Crippen molar-refractivity contribution >= 4 is 12.1 Å². The Hall–Kier alpha value is -2.28. The topological polar surface area (TPSA) is 85.3 Å². The van der Waals surface area contributed by atoms with Gasteiger partial charge in [-0.3, -0.25) is 4.90 Å². The number of methoxy groups -OCH3 is 2. The van der Waals surface area contributed by atoms with E-state index in [1.165, 1.54) is 19.1 Å². The van der Waals surface area contributed by atoms with E-state index in [-0.39, 0.29) is 12.6 Å². The van der Waals surface area contributed by atoms with E-state index in [1.54, 1.807) is 39.0 Å². The number of esters is 1. The molecule has 0 radical (unpaired) electrons. The Morgan fingerprint density at radius 1 is 1.24 bits per heavy atom. The summed E-state index contributed by atoms with van der Waals surface area (Å²) >= 11 is 0. The van der Waals surface area contributed by atoms with Crippen LogP contribution in [0.1, 0.15) is 49.2 Å². The Morgan fingerprint density at radius 3 is 2.48 bits per heavy atom. The molecule has 1 heterocycles. The Labute approximate surface area is 147 Å². The molecule has 0 aliphatic carbocycles. The van der Waals surface area contributed by atoms with E-state index in [0.717, 1.165) is 5.56 Å². The van der Waals surface area contributed by atoms with Crippen LogP contribution in [0.15, 0.2) is 18.2 Å². The predicted molar refractivity (Wildman–Crippen MR) is 90.6 cm³/mol. The molecule has 1 aliphatic heterocycles. The first-order valence-electron chi connectivity index (χ1n) is 8.10. The van der Waals surface area contributed by atoms with E-state index in [2.05, 4.69) is 0 Å². The Balaban J connectivity index is 2.31. The van der Waals surface area contributed by atoms with Gasteiger partial charge in [0.15, 0.2) is 0 Å². The van der Waals surface area contributed by atoms with Crippen molar-refractivity contribution in [2.45, 2.75) is 44.9 Å². The zero-order chi connectivity index (χ0) is 18.8. The van der Waals surface area contributed by atoms with Crippen molar-refractivity contribution in [3.8, 4) is 5.75 Å².